The molecule has 1 saturated heterocycles. The fraction of sp³-hybridized carbons (Fsp3) is 0.522. The molecule has 1 aliphatic heterocycles. The number of aromatic nitrogens is 2. The van der Waals surface area contributed by atoms with Gasteiger partial charge in [0.1, 0.15) is 0 Å². The monoisotopic (exact) mass is 537 g/mol. The zero-order valence-corrected chi connectivity index (χ0v) is 21.3. The van der Waals surface area contributed by atoms with E-state index in [9.17, 15) is 0 Å². The summed E-state index contributed by atoms with van der Waals surface area (Å²) in [4.78, 5) is 17.8. The van der Waals surface area contributed by atoms with Crippen molar-refractivity contribution in [3.63, 3.8) is 0 Å². The van der Waals surface area contributed by atoms with E-state index in [2.05, 4.69) is 67.4 Å². The molecule has 0 unspecified atom stereocenters. The number of nitrogens with one attached hydrogen (secondary N) is 2. The highest BCUT2D eigenvalue weighted by Gasteiger charge is 2.18. The van der Waals surface area contributed by atoms with Crippen LogP contribution in [-0.4, -0.2) is 73.7 Å². The zero-order chi connectivity index (χ0) is 21.2. The molecule has 2 N–H and O–H groups in total. The maximum absolute atomic E-state index is 4.35. The van der Waals surface area contributed by atoms with E-state index in [0.717, 1.165) is 70.6 Å². The molecule has 7 nitrogen and oxygen atoms in total. The van der Waals surface area contributed by atoms with E-state index in [0.29, 0.717) is 0 Å². The van der Waals surface area contributed by atoms with Crippen molar-refractivity contribution in [2.75, 3.05) is 57.8 Å². The first-order valence-electron chi connectivity index (χ1n) is 10.9. The minimum absolute atomic E-state index is 0. The first-order chi connectivity index (χ1) is 14.6. The number of hydrogen-bond acceptors (Lipinski definition) is 5. The number of anilines is 1. The van der Waals surface area contributed by atoms with Gasteiger partial charge in [0.05, 0.1) is 0 Å². The molecule has 0 spiro atoms. The van der Waals surface area contributed by atoms with E-state index in [4.69, 9.17) is 0 Å². The first-order valence-corrected chi connectivity index (χ1v) is 10.9. The Kier molecular flexibility index (Phi) is 11.0. The van der Waals surface area contributed by atoms with Crippen LogP contribution in [0.1, 0.15) is 23.1 Å². The molecule has 2 heterocycles. The largest absolute Gasteiger partial charge is 0.356 e. The molecular weight excluding hydrogens is 501 g/mol. The second-order valence-corrected chi connectivity index (χ2v) is 7.90. The molecule has 1 aliphatic rings. The second kappa shape index (κ2) is 13.5. The van der Waals surface area contributed by atoms with Crippen molar-refractivity contribution in [2.24, 2.45) is 4.99 Å². The Morgan fingerprint density at radius 2 is 1.61 bits per heavy atom. The van der Waals surface area contributed by atoms with Crippen LogP contribution in [0.3, 0.4) is 0 Å². The Bertz CT molecular complexity index is 785. The smallest absolute Gasteiger partial charge is 0.225 e. The van der Waals surface area contributed by atoms with Crippen LogP contribution in [0.5, 0.6) is 0 Å². The lowest BCUT2D eigenvalue weighted by Gasteiger charge is -2.34. The van der Waals surface area contributed by atoms with Crippen molar-refractivity contribution in [2.45, 2.75) is 26.7 Å². The molecule has 1 fully saturated rings. The van der Waals surface area contributed by atoms with Gasteiger partial charge in [-0.05, 0) is 44.9 Å². The number of benzene rings is 1. The van der Waals surface area contributed by atoms with Gasteiger partial charge in [-0.2, -0.15) is 0 Å². The van der Waals surface area contributed by atoms with E-state index in [1.165, 1.54) is 16.7 Å². The number of nitrogens with zero attached hydrogens (tertiary/aromatic N) is 5. The molecule has 0 amide bonds. The van der Waals surface area contributed by atoms with Gasteiger partial charge in [-0.15, -0.1) is 24.0 Å². The van der Waals surface area contributed by atoms with Crippen LogP contribution < -0.4 is 15.5 Å². The van der Waals surface area contributed by atoms with Crippen LogP contribution in [0.25, 0.3) is 0 Å². The molecule has 0 atom stereocenters. The Labute approximate surface area is 203 Å². The predicted molar refractivity (Wildman–Crippen MR) is 140 cm³/mol. The molecule has 0 bridgehead atoms. The number of hydrogen-bond donors (Lipinski definition) is 2. The van der Waals surface area contributed by atoms with Crippen LogP contribution in [0.2, 0.25) is 0 Å². The van der Waals surface area contributed by atoms with Gasteiger partial charge in [0.2, 0.25) is 5.95 Å². The van der Waals surface area contributed by atoms with E-state index in [1.807, 2.05) is 25.5 Å². The van der Waals surface area contributed by atoms with E-state index >= 15 is 0 Å². The molecule has 8 heteroatoms. The molecule has 1 aromatic carbocycles. The normalized spacial score (nSPS) is 14.8. The summed E-state index contributed by atoms with van der Waals surface area (Å²) in [5, 5.41) is 6.86. The minimum atomic E-state index is 0. The third kappa shape index (κ3) is 8.60. The third-order valence-corrected chi connectivity index (χ3v) is 5.36. The minimum Gasteiger partial charge on any atom is -0.356 e. The van der Waals surface area contributed by atoms with Crippen LogP contribution in [0.4, 0.5) is 5.95 Å². The van der Waals surface area contributed by atoms with Crippen LogP contribution in [-0.2, 0) is 6.42 Å². The summed E-state index contributed by atoms with van der Waals surface area (Å²) in [6, 6.07) is 8.59. The van der Waals surface area contributed by atoms with Crippen molar-refractivity contribution in [3.8, 4) is 0 Å². The number of aryl methyl sites for hydroxylation is 2. The van der Waals surface area contributed by atoms with Crippen molar-refractivity contribution in [3.05, 3.63) is 53.3 Å². The molecule has 170 valence electrons. The average molecular weight is 537 g/mol. The highest BCUT2D eigenvalue weighted by atomic mass is 127. The summed E-state index contributed by atoms with van der Waals surface area (Å²) in [7, 11) is 1.83. The van der Waals surface area contributed by atoms with Crippen LogP contribution in [0, 0.1) is 13.8 Å². The third-order valence-electron chi connectivity index (χ3n) is 5.36. The van der Waals surface area contributed by atoms with Gasteiger partial charge in [-0.3, -0.25) is 9.89 Å². The highest BCUT2D eigenvalue weighted by Crippen LogP contribution is 2.10. The van der Waals surface area contributed by atoms with Crippen molar-refractivity contribution in [1.82, 2.24) is 25.5 Å². The Balaban J connectivity index is 0.00000341. The molecule has 0 aliphatic carbocycles. The standard InChI is InChI=1S/C23H35N7.HI/c1-19-16-20(2)18-21(17-19)6-10-26-22(24-3)25-9-5-11-29-12-14-30(15-13-29)23-27-7-4-8-28-23;/h4,7-8,16-18H,5-6,9-15H2,1-3H3,(H2,24,25,26);1H. The van der Waals surface area contributed by atoms with Crippen molar-refractivity contribution in [1.29, 1.82) is 0 Å². The number of piperazine rings is 1. The van der Waals surface area contributed by atoms with Gasteiger partial charge >= 0.3 is 0 Å². The predicted octanol–water partition coefficient (Wildman–Crippen LogP) is 2.63. The highest BCUT2D eigenvalue weighted by molar-refractivity contribution is 14.0. The molecule has 0 radical (unpaired) electrons. The molecule has 0 saturated carbocycles. The topological polar surface area (TPSA) is 68.7 Å². The molecular formula is C23H36IN7. The number of guanidine groups is 1. The van der Waals surface area contributed by atoms with E-state index < -0.39 is 0 Å². The van der Waals surface area contributed by atoms with Gasteiger partial charge in [-0.25, -0.2) is 9.97 Å². The molecule has 2 aromatic rings. The SMILES string of the molecule is CN=C(NCCCN1CCN(c2ncccn2)CC1)NCCc1cc(C)cc(C)c1.I. The quantitative estimate of drug-likeness (QED) is 0.234. The summed E-state index contributed by atoms with van der Waals surface area (Å²) < 4.78 is 0. The summed E-state index contributed by atoms with van der Waals surface area (Å²) in [5.41, 5.74) is 4.02. The lowest BCUT2D eigenvalue weighted by molar-refractivity contribution is 0.254. The second-order valence-electron chi connectivity index (χ2n) is 7.90. The maximum atomic E-state index is 4.35. The van der Waals surface area contributed by atoms with Gasteiger partial charge < -0.3 is 15.5 Å². The summed E-state index contributed by atoms with van der Waals surface area (Å²) >= 11 is 0. The lowest BCUT2D eigenvalue weighted by atomic mass is 10.1. The summed E-state index contributed by atoms with van der Waals surface area (Å²) in [6.45, 7) is 11.3. The lowest BCUT2D eigenvalue weighted by Crippen LogP contribution is -2.47. The fourth-order valence-corrected chi connectivity index (χ4v) is 3.89. The molecule has 31 heavy (non-hydrogen) atoms. The van der Waals surface area contributed by atoms with Gasteiger partial charge in [0, 0.05) is 58.7 Å². The maximum Gasteiger partial charge on any atom is 0.225 e. The zero-order valence-electron chi connectivity index (χ0n) is 19.0. The van der Waals surface area contributed by atoms with Gasteiger partial charge in [0.25, 0.3) is 0 Å². The van der Waals surface area contributed by atoms with Gasteiger partial charge in [0.15, 0.2) is 5.96 Å². The number of aliphatic imine (C=N–C) groups is 1. The van der Waals surface area contributed by atoms with E-state index in [-0.39, 0.29) is 24.0 Å². The van der Waals surface area contributed by atoms with Crippen LogP contribution >= 0.6 is 24.0 Å². The summed E-state index contributed by atoms with van der Waals surface area (Å²) in [6.07, 6.45) is 5.71. The number of rotatable bonds is 8. The molecule has 1 aromatic heterocycles. The van der Waals surface area contributed by atoms with E-state index in [1.54, 1.807) is 0 Å². The Morgan fingerprint density at radius 3 is 2.26 bits per heavy atom. The Hall–Kier alpha value is -1.94. The fourth-order valence-electron chi connectivity index (χ4n) is 3.89. The Morgan fingerprint density at radius 1 is 0.968 bits per heavy atom. The van der Waals surface area contributed by atoms with Crippen LogP contribution in [0.15, 0.2) is 41.7 Å². The summed E-state index contributed by atoms with van der Waals surface area (Å²) in [5.74, 6) is 1.72. The van der Waals surface area contributed by atoms with Crippen molar-refractivity contribution >= 4 is 35.9 Å². The number of halogens is 1. The average Bonchev–Trinajstić information content (AvgIpc) is 2.76. The first kappa shape index (κ1) is 25.3. The van der Waals surface area contributed by atoms with Crippen molar-refractivity contribution < 1.29 is 0 Å². The molecule has 3 rings (SSSR count). The van der Waals surface area contributed by atoms with Gasteiger partial charge in [-0.1, -0.05) is 29.3 Å².